The maximum Gasteiger partial charge on any atom is 0.254 e. The quantitative estimate of drug-likeness (QED) is 0.378. The summed E-state index contributed by atoms with van der Waals surface area (Å²) < 4.78 is 20.6. The lowest BCUT2D eigenvalue weighted by atomic mass is 9.96. The summed E-state index contributed by atoms with van der Waals surface area (Å²) in [4.78, 5) is 18.8. The molecule has 3 aromatic carbocycles. The van der Waals surface area contributed by atoms with Crippen molar-refractivity contribution in [2.45, 2.75) is 25.4 Å². The van der Waals surface area contributed by atoms with Gasteiger partial charge in [0.1, 0.15) is 17.6 Å². The molecule has 2 aromatic heterocycles. The number of anilines is 1. The summed E-state index contributed by atoms with van der Waals surface area (Å²) in [5.74, 6) is 0.932. The fourth-order valence-electron chi connectivity index (χ4n) is 5.09. The number of tetrazole rings is 1. The minimum absolute atomic E-state index is 0.206. The van der Waals surface area contributed by atoms with Crippen molar-refractivity contribution in [2.75, 3.05) is 18.6 Å². The van der Waals surface area contributed by atoms with Crippen LogP contribution in [0.4, 0.5) is 10.1 Å². The van der Waals surface area contributed by atoms with Gasteiger partial charge in [-0.05, 0) is 76.9 Å². The van der Waals surface area contributed by atoms with Crippen molar-refractivity contribution in [3.8, 4) is 5.75 Å². The second-order valence-electron chi connectivity index (χ2n) is 9.16. The van der Waals surface area contributed by atoms with E-state index in [0.717, 1.165) is 41.5 Å². The third-order valence-corrected chi connectivity index (χ3v) is 6.88. The number of rotatable bonds is 6. The zero-order valence-electron chi connectivity index (χ0n) is 20.3. The molecule has 186 valence electrons. The molecule has 1 aliphatic heterocycles. The lowest BCUT2D eigenvalue weighted by Crippen LogP contribution is -2.38. The molecule has 5 aromatic rings. The topological polar surface area (TPSA) is 88.9 Å². The number of hydrogen-bond acceptors (Lipinski definition) is 6. The van der Waals surface area contributed by atoms with Crippen LogP contribution >= 0.6 is 0 Å². The van der Waals surface area contributed by atoms with Crippen LogP contribution < -0.4 is 15.2 Å². The number of nitrogens with zero attached hydrogens (tertiary/aromatic N) is 5. The Bertz CT molecular complexity index is 1630. The van der Waals surface area contributed by atoms with E-state index >= 15 is 0 Å². The number of nitrogens with one attached hydrogen (secondary N) is 1. The third-order valence-electron chi connectivity index (χ3n) is 6.88. The molecule has 8 nitrogen and oxygen atoms in total. The van der Waals surface area contributed by atoms with Gasteiger partial charge < -0.3 is 14.6 Å². The molecule has 37 heavy (non-hydrogen) atoms. The summed E-state index contributed by atoms with van der Waals surface area (Å²) in [6, 6.07) is 21.4. The molecule has 0 saturated carbocycles. The highest BCUT2D eigenvalue weighted by molar-refractivity contribution is 5.81. The van der Waals surface area contributed by atoms with E-state index in [9.17, 15) is 9.18 Å². The van der Waals surface area contributed by atoms with Crippen molar-refractivity contribution in [3.63, 3.8) is 0 Å². The van der Waals surface area contributed by atoms with Gasteiger partial charge in [0.15, 0.2) is 5.82 Å². The fraction of sp³-hybridized carbons (Fsp3) is 0.214. The van der Waals surface area contributed by atoms with E-state index in [1.165, 1.54) is 17.7 Å². The second kappa shape index (κ2) is 9.50. The van der Waals surface area contributed by atoms with E-state index in [1.807, 2.05) is 36.4 Å². The van der Waals surface area contributed by atoms with Gasteiger partial charge in [-0.1, -0.05) is 30.3 Å². The summed E-state index contributed by atoms with van der Waals surface area (Å²) in [6.45, 7) is 1.08. The number of ether oxygens (including phenoxy) is 1. The predicted molar refractivity (Wildman–Crippen MR) is 138 cm³/mol. The third kappa shape index (κ3) is 4.33. The molecule has 1 atom stereocenters. The largest absolute Gasteiger partial charge is 0.497 e. The van der Waals surface area contributed by atoms with E-state index in [1.54, 1.807) is 23.9 Å². The molecular formula is C28H25FN6O2. The highest BCUT2D eigenvalue weighted by atomic mass is 19.1. The molecule has 1 N–H and O–H groups in total. The van der Waals surface area contributed by atoms with E-state index in [4.69, 9.17) is 4.74 Å². The Morgan fingerprint density at radius 1 is 1.08 bits per heavy atom. The number of fused-ring (bicyclic) bond motifs is 2. The maximum absolute atomic E-state index is 13.6. The SMILES string of the molecule is COc1ccc2[nH]c(=O)c([C@@H](c3nnnn3Cc3ccc(F)cc3)N3CCCc4ccccc43)cc2c1. The number of aryl methyl sites for hydroxylation is 1. The van der Waals surface area contributed by atoms with Gasteiger partial charge >= 0.3 is 0 Å². The van der Waals surface area contributed by atoms with Crippen LogP contribution in [0.5, 0.6) is 5.75 Å². The Morgan fingerprint density at radius 2 is 1.92 bits per heavy atom. The van der Waals surface area contributed by atoms with Gasteiger partial charge in [-0.2, -0.15) is 0 Å². The van der Waals surface area contributed by atoms with Gasteiger partial charge in [-0.25, -0.2) is 9.07 Å². The number of halogens is 1. The van der Waals surface area contributed by atoms with Crippen LogP contribution in [0.3, 0.4) is 0 Å². The number of H-pyrrole nitrogens is 1. The average molecular weight is 497 g/mol. The number of benzene rings is 3. The predicted octanol–water partition coefficient (Wildman–Crippen LogP) is 4.25. The maximum atomic E-state index is 13.6. The molecule has 9 heteroatoms. The Kier molecular flexibility index (Phi) is 5.88. The molecule has 0 fully saturated rings. The molecule has 1 aliphatic rings. The van der Waals surface area contributed by atoms with E-state index in [0.29, 0.717) is 23.7 Å². The summed E-state index contributed by atoms with van der Waals surface area (Å²) >= 11 is 0. The number of methoxy groups -OCH3 is 1. The van der Waals surface area contributed by atoms with Crippen LogP contribution in [0.15, 0.2) is 77.6 Å². The Hall–Kier alpha value is -4.53. The normalized spacial score (nSPS) is 13.9. The average Bonchev–Trinajstić information content (AvgIpc) is 3.38. The van der Waals surface area contributed by atoms with Crippen LogP contribution in [0.1, 0.15) is 35.0 Å². The highest BCUT2D eigenvalue weighted by Crippen LogP contribution is 2.37. The molecule has 3 heterocycles. The van der Waals surface area contributed by atoms with Gasteiger partial charge in [0.25, 0.3) is 5.56 Å². The first-order valence-electron chi connectivity index (χ1n) is 12.2. The van der Waals surface area contributed by atoms with Crippen LogP contribution in [0.2, 0.25) is 0 Å². The molecule has 6 rings (SSSR count). The standard InChI is InChI=1S/C28H25FN6O2/c1-37-22-12-13-24-20(15-22)16-23(28(36)30-24)26(34-14-4-6-19-5-2-3-7-25(19)34)27-31-32-33-35(27)17-18-8-10-21(29)11-9-18/h2-3,5,7-13,15-16,26H,4,6,14,17H2,1H3,(H,30,36)/t26-/m0/s1. The molecule has 0 unspecified atom stereocenters. The summed E-state index contributed by atoms with van der Waals surface area (Å²) in [7, 11) is 1.62. The summed E-state index contributed by atoms with van der Waals surface area (Å²) in [6.07, 6.45) is 1.90. The van der Waals surface area contributed by atoms with Gasteiger partial charge in [0.2, 0.25) is 0 Å². The number of aromatic amines is 1. The highest BCUT2D eigenvalue weighted by Gasteiger charge is 2.33. The second-order valence-corrected chi connectivity index (χ2v) is 9.16. The van der Waals surface area contributed by atoms with E-state index in [-0.39, 0.29) is 11.4 Å². The monoisotopic (exact) mass is 496 g/mol. The molecular weight excluding hydrogens is 471 g/mol. The first-order valence-corrected chi connectivity index (χ1v) is 12.2. The van der Waals surface area contributed by atoms with Crippen molar-refractivity contribution < 1.29 is 9.13 Å². The first kappa shape index (κ1) is 22.9. The van der Waals surface area contributed by atoms with Crippen molar-refractivity contribution in [1.82, 2.24) is 25.2 Å². The molecule has 0 radical (unpaired) electrons. The van der Waals surface area contributed by atoms with E-state index in [2.05, 4.69) is 37.5 Å². The lowest BCUT2D eigenvalue weighted by molar-refractivity contribution is 0.415. The molecule has 0 bridgehead atoms. The minimum atomic E-state index is -0.545. The molecule has 0 saturated heterocycles. The van der Waals surface area contributed by atoms with Crippen LogP contribution in [0.25, 0.3) is 10.9 Å². The zero-order valence-corrected chi connectivity index (χ0v) is 20.3. The van der Waals surface area contributed by atoms with Crippen molar-refractivity contribution >= 4 is 16.6 Å². The Labute approximate surface area is 212 Å². The Balaban J connectivity index is 1.53. The minimum Gasteiger partial charge on any atom is -0.497 e. The lowest BCUT2D eigenvalue weighted by Gasteiger charge is -2.37. The smallest absolute Gasteiger partial charge is 0.254 e. The first-order chi connectivity index (χ1) is 18.1. The number of hydrogen-bond donors (Lipinski definition) is 1. The number of pyridine rings is 1. The van der Waals surface area contributed by atoms with Gasteiger partial charge in [-0.15, -0.1) is 5.10 Å². The summed E-state index contributed by atoms with van der Waals surface area (Å²) in [5, 5.41) is 13.5. The van der Waals surface area contributed by atoms with Gasteiger partial charge in [0, 0.05) is 28.7 Å². The molecule has 0 amide bonds. The molecule has 0 spiro atoms. The Morgan fingerprint density at radius 3 is 2.76 bits per heavy atom. The molecule has 0 aliphatic carbocycles. The number of para-hydroxylation sites is 1. The summed E-state index contributed by atoms with van der Waals surface area (Å²) in [5.41, 5.74) is 4.17. The van der Waals surface area contributed by atoms with E-state index < -0.39 is 6.04 Å². The fourth-order valence-corrected chi connectivity index (χ4v) is 5.09. The van der Waals surface area contributed by atoms with Gasteiger partial charge in [0.05, 0.1) is 13.7 Å². The van der Waals surface area contributed by atoms with Crippen LogP contribution in [-0.4, -0.2) is 38.8 Å². The van der Waals surface area contributed by atoms with Crippen molar-refractivity contribution in [3.05, 3.63) is 111 Å². The zero-order chi connectivity index (χ0) is 25.4. The van der Waals surface area contributed by atoms with Crippen molar-refractivity contribution in [2.24, 2.45) is 0 Å². The van der Waals surface area contributed by atoms with Gasteiger partial charge in [-0.3, -0.25) is 4.79 Å². The van der Waals surface area contributed by atoms with Crippen molar-refractivity contribution in [1.29, 1.82) is 0 Å². The number of aromatic nitrogens is 5. The van der Waals surface area contributed by atoms with Crippen LogP contribution in [-0.2, 0) is 13.0 Å². The van der Waals surface area contributed by atoms with Crippen LogP contribution in [0, 0.1) is 5.82 Å².